The van der Waals surface area contributed by atoms with Gasteiger partial charge >= 0.3 is 6.03 Å². The van der Waals surface area contributed by atoms with Crippen molar-refractivity contribution in [1.82, 2.24) is 4.98 Å². The van der Waals surface area contributed by atoms with Gasteiger partial charge in [-0.3, -0.25) is 0 Å². The van der Waals surface area contributed by atoms with Crippen LogP contribution in [0.25, 0.3) is 20.8 Å². The van der Waals surface area contributed by atoms with E-state index in [0.29, 0.717) is 21.4 Å². The molecule has 7 heteroatoms. The number of benzene rings is 3. The van der Waals surface area contributed by atoms with E-state index in [4.69, 9.17) is 23.2 Å². The molecule has 0 atom stereocenters. The molecule has 0 spiro atoms. The van der Waals surface area contributed by atoms with E-state index < -0.39 is 0 Å². The van der Waals surface area contributed by atoms with E-state index in [1.54, 1.807) is 29.5 Å². The van der Waals surface area contributed by atoms with Crippen LogP contribution in [0, 0.1) is 0 Å². The summed E-state index contributed by atoms with van der Waals surface area (Å²) in [6.07, 6.45) is 0. The van der Waals surface area contributed by atoms with E-state index in [0.717, 1.165) is 20.8 Å². The lowest BCUT2D eigenvalue weighted by Gasteiger charge is -2.11. The van der Waals surface area contributed by atoms with E-state index in [1.165, 1.54) is 0 Å². The monoisotopic (exact) mass is 413 g/mol. The highest BCUT2D eigenvalue weighted by molar-refractivity contribution is 7.21. The smallest absolute Gasteiger partial charge is 0.308 e. The van der Waals surface area contributed by atoms with Crippen molar-refractivity contribution in [2.45, 2.75) is 0 Å². The van der Waals surface area contributed by atoms with Gasteiger partial charge in [0.05, 0.1) is 25.9 Å². The van der Waals surface area contributed by atoms with Gasteiger partial charge in [0.15, 0.2) is 0 Å². The van der Waals surface area contributed by atoms with Crippen LogP contribution in [0.3, 0.4) is 0 Å². The number of aromatic nitrogens is 1. The lowest BCUT2D eigenvalue weighted by Crippen LogP contribution is -2.19. The second-order valence-electron chi connectivity index (χ2n) is 5.74. The molecule has 0 saturated carbocycles. The van der Waals surface area contributed by atoms with Crippen LogP contribution in [0.15, 0.2) is 66.7 Å². The number of anilines is 2. The largest absolute Gasteiger partial charge is 0.323 e. The average molecular weight is 414 g/mol. The van der Waals surface area contributed by atoms with Gasteiger partial charge in [-0.05, 0) is 42.5 Å². The quantitative estimate of drug-likeness (QED) is 0.383. The third-order valence-corrected chi connectivity index (χ3v) is 5.69. The van der Waals surface area contributed by atoms with Crippen molar-refractivity contribution in [1.29, 1.82) is 0 Å². The maximum absolute atomic E-state index is 12.4. The number of rotatable bonds is 3. The Labute approximate surface area is 169 Å². The van der Waals surface area contributed by atoms with Crippen molar-refractivity contribution >= 4 is 62.2 Å². The van der Waals surface area contributed by atoms with Gasteiger partial charge in [0.25, 0.3) is 0 Å². The first kappa shape index (κ1) is 17.8. The average Bonchev–Trinajstić information content (AvgIpc) is 3.09. The van der Waals surface area contributed by atoms with Crippen LogP contribution in [0.5, 0.6) is 0 Å². The predicted octanol–water partition coefficient (Wildman–Crippen LogP) is 6.91. The fourth-order valence-electron chi connectivity index (χ4n) is 2.62. The lowest BCUT2D eigenvalue weighted by molar-refractivity contribution is 0.262. The van der Waals surface area contributed by atoms with Crippen LogP contribution < -0.4 is 10.6 Å². The van der Waals surface area contributed by atoms with Gasteiger partial charge in [-0.2, -0.15) is 0 Å². The first-order valence-electron chi connectivity index (χ1n) is 8.08. The summed E-state index contributed by atoms with van der Waals surface area (Å²) >= 11 is 13.5. The number of halogens is 2. The summed E-state index contributed by atoms with van der Waals surface area (Å²) < 4.78 is 1.10. The zero-order chi connectivity index (χ0) is 18.8. The molecule has 1 aromatic heterocycles. The van der Waals surface area contributed by atoms with Crippen LogP contribution in [0.1, 0.15) is 0 Å². The minimum atomic E-state index is -0.373. The molecule has 0 aliphatic rings. The maximum atomic E-state index is 12.4. The summed E-state index contributed by atoms with van der Waals surface area (Å²) in [5.74, 6) is 0. The highest BCUT2D eigenvalue weighted by Gasteiger charge is 2.12. The lowest BCUT2D eigenvalue weighted by atomic mass is 10.2. The zero-order valence-electron chi connectivity index (χ0n) is 13.9. The van der Waals surface area contributed by atoms with Crippen molar-refractivity contribution in [2.24, 2.45) is 0 Å². The predicted molar refractivity (Wildman–Crippen MR) is 114 cm³/mol. The number of amides is 2. The van der Waals surface area contributed by atoms with Crippen molar-refractivity contribution in [3.8, 4) is 10.6 Å². The third-order valence-electron chi connectivity index (χ3n) is 3.88. The molecule has 4 aromatic rings. The van der Waals surface area contributed by atoms with Crippen molar-refractivity contribution in [2.75, 3.05) is 10.6 Å². The molecule has 0 fully saturated rings. The van der Waals surface area contributed by atoms with Gasteiger partial charge in [0.2, 0.25) is 0 Å². The zero-order valence-corrected chi connectivity index (χ0v) is 16.2. The summed E-state index contributed by atoms with van der Waals surface area (Å²) in [5.41, 5.74) is 3.03. The van der Waals surface area contributed by atoms with E-state index in [1.807, 2.05) is 48.5 Å². The van der Waals surface area contributed by atoms with E-state index in [-0.39, 0.29) is 6.03 Å². The Bertz CT molecular complexity index is 1110. The molecule has 0 unspecified atom stereocenters. The molecule has 4 nitrogen and oxygen atoms in total. The maximum Gasteiger partial charge on any atom is 0.323 e. The van der Waals surface area contributed by atoms with Crippen LogP contribution in [-0.2, 0) is 0 Å². The van der Waals surface area contributed by atoms with Crippen molar-refractivity contribution in [3.05, 3.63) is 76.8 Å². The Morgan fingerprint density at radius 1 is 0.889 bits per heavy atom. The van der Waals surface area contributed by atoms with Gasteiger partial charge in [-0.1, -0.05) is 47.5 Å². The molecule has 0 aliphatic carbocycles. The number of thiazole rings is 1. The Morgan fingerprint density at radius 2 is 1.67 bits per heavy atom. The van der Waals surface area contributed by atoms with E-state index >= 15 is 0 Å². The SMILES string of the molecule is O=C(Nc1ccc(Cl)c(Cl)c1)Nc1ccccc1-c1nc2ccccc2s1. The molecule has 3 aromatic carbocycles. The molecule has 0 saturated heterocycles. The van der Waals surface area contributed by atoms with Gasteiger partial charge < -0.3 is 10.6 Å². The molecule has 0 radical (unpaired) electrons. The van der Waals surface area contributed by atoms with Gasteiger partial charge in [-0.15, -0.1) is 11.3 Å². The Balaban J connectivity index is 1.59. The number of carbonyl (C=O) groups excluding carboxylic acids is 1. The fourth-order valence-corrected chi connectivity index (χ4v) is 3.93. The van der Waals surface area contributed by atoms with Gasteiger partial charge in [-0.25, -0.2) is 9.78 Å². The highest BCUT2D eigenvalue weighted by atomic mass is 35.5. The standard InChI is InChI=1S/C20H13Cl2N3OS/c21-14-10-9-12(11-15(14)22)23-20(26)25-16-6-2-1-5-13(16)19-24-17-7-3-4-8-18(17)27-19/h1-11H,(H2,23,25,26). The normalized spacial score (nSPS) is 10.7. The third kappa shape index (κ3) is 3.90. The number of fused-ring (bicyclic) bond motifs is 1. The molecular formula is C20H13Cl2N3OS. The molecular weight excluding hydrogens is 401 g/mol. The molecule has 27 heavy (non-hydrogen) atoms. The second-order valence-corrected chi connectivity index (χ2v) is 7.59. The van der Waals surface area contributed by atoms with Crippen LogP contribution >= 0.6 is 34.5 Å². The second kappa shape index (κ2) is 7.56. The van der Waals surface area contributed by atoms with Crippen LogP contribution in [0.2, 0.25) is 10.0 Å². The van der Waals surface area contributed by atoms with Crippen molar-refractivity contribution < 1.29 is 4.79 Å². The first-order valence-corrected chi connectivity index (χ1v) is 9.65. The summed E-state index contributed by atoms with van der Waals surface area (Å²) in [6, 6.07) is 20.1. The molecule has 1 heterocycles. The molecule has 4 rings (SSSR count). The summed E-state index contributed by atoms with van der Waals surface area (Å²) in [6.45, 7) is 0. The number of carbonyl (C=O) groups is 1. The van der Waals surface area contributed by atoms with E-state index in [9.17, 15) is 4.79 Å². The minimum absolute atomic E-state index is 0.373. The molecule has 2 N–H and O–H groups in total. The van der Waals surface area contributed by atoms with Crippen molar-refractivity contribution in [3.63, 3.8) is 0 Å². The Kier molecular flexibility index (Phi) is 4.99. The minimum Gasteiger partial charge on any atom is -0.308 e. The first-order chi connectivity index (χ1) is 13.1. The number of urea groups is 1. The molecule has 0 bridgehead atoms. The fraction of sp³-hybridized carbons (Fsp3) is 0. The van der Waals surface area contributed by atoms with Crippen LogP contribution in [0.4, 0.5) is 16.2 Å². The summed E-state index contributed by atoms with van der Waals surface area (Å²) in [4.78, 5) is 17.1. The number of nitrogens with one attached hydrogen (secondary N) is 2. The Hall–Kier alpha value is -2.60. The molecule has 0 aliphatic heterocycles. The number of hydrogen-bond acceptors (Lipinski definition) is 3. The van der Waals surface area contributed by atoms with Gasteiger partial charge in [0.1, 0.15) is 5.01 Å². The topological polar surface area (TPSA) is 54.0 Å². The highest BCUT2D eigenvalue weighted by Crippen LogP contribution is 2.34. The van der Waals surface area contributed by atoms with Gasteiger partial charge in [0, 0.05) is 11.3 Å². The summed E-state index contributed by atoms with van der Waals surface area (Å²) in [5, 5.41) is 7.29. The number of para-hydroxylation sites is 2. The molecule has 2 amide bonds. The summed E-state index contributed by atoms with van der Waals surface area (Å²) in [7, 11) is 0. The molecule has 134 valence electrons. The van der Waals surface area contributed by atoms with E-state index in [2.05, 4.69) is 15.6 Å². The van der Waals surface area contributed by atoms with Crippen LogP contribution in [-0.4, -0.2) is 11.0 Å². The number of hydrogen-bond donors (Lipinski definition) is 2. The number of nitrogens with zero attached hydrogens (tertiary/aromatic N) is 1. The Morgan fingerprint density at radius 3 is 2.48 bits per heavy atom.